The number of ether oxygens (including phenoxy) is 3. The molecule has 1 atom stereocenters. The van der Waals surface area contributed by atoms with Gasteiger partial charge >= 0.3 is 0 Å². The lowest BCUT2D eigenvalue weighted by Crippen LogP contribution is -2.13. The van der Waals surface area contributed by atoms with Crippen molar-refractivity contribution in [3.63, 3.8) is 0 Å². The predicted octanol–water partition coefficient (Wildman–Crippen LogP) is 2.49. The SMILES string of the molecule is COC1CC=C(c2cc3c(cc2CO)OCO3)CC1. The minimum Gasteiger partial charge on any atom is -0.454 e. The third kappa shape index (κ3) is 2.33. The highest BCUT2D eigenvalue weighted by atomic mass is 16.7. The molecule has 1 unspecified atom stereocenters. The molecule has 1 aromatic rings. The van der Waals surface area contributed by atoms with Crippen LogP contribution in [0, 0.1) is 0 Å². The van der Waals surface area contributed by atoms with Gasteiger partial charge in [-0.2, -0.15) is 0 Å². The van der Waals surface area contributed by atoms with Crippen LogP contribution in [0.3, 0.4) is 0 Å². The van der Waals surface area contributed by atoms with Gasteiger partial charge < -0.3 is 19.3 Å². The topological polar surface area (TPSA) is 47.9 Å². The van der Waals surface area contributed by atoms with E-state index < -0.39 is 0 Å². The largest absolute Gasteiger partial charge is 0.454 e. The molecule has 0 bridgehead atoms. The molecule has 4 heteroatoms. The second-order valence-corrected chi connectivity index (χ2v) is 4.88. The number of hydrogen-bond acceptors (Lipinski definition) is 4. The van der Waals surface area contributed by atoms with Gasteiger partial charge in [-0.25, -0.2) is 0 Å². The first kappa shape index (κ1) is 12.5. The average Bonchev–Trinajstić information content (AvgIpc) is 2.93. The monoisotopic (exact) mass is 262 g/mol. The van der Waals surface area contributed by atoms with Gasteiger partial charge in [-0.15, -0.1) is 0 Å². The number of methoxy groups -OCH3 is 1. The van der Waals surface area contributed by atoms with Crippen molar-refractivity contribution in [1.29, 1.82) is 0 Å². The van der Waals surface area contributed by atoms with E-state index in [1.807, 2.05) is 12.1 Å². The van der Waals surface area contributed by atoms with Crippen molar-refractivity contribution in [3.05, 3.63) is 29.3 Å². The van der Waals surface area contributed by atoms with Crippen molar-refractivity contribution in [2.24, 2.45) is 0 Å². The quantitative estimate of drug-likeness (QED) is 0.909. The maximum Gasteiger partial charge on any atom is 0.231 e. The van der Waals surface area contributed by atoms with E-state index in [1.165, 1.54) is 5.57 Å². The van der Waals surface area contributed by atoms with E-state index in [1.54, 1.807) is 7.11 Å². The van der Waals surface area contributed by atoms with E-state index >= 15 is 0 Å². The first-order valence-corrected chi connectivity index (χ1v) is 6.57. The lowest BCUT2D eigenvalue weighted by molar-refractivity contribution is 0.0964. The normalized spacial score (nSPS) is 21.4. The van der Waals surface area contributed by atoms with Crippen LogP contribution in [0.1, 0.15) is 30.4 Å². The van der Waals surface area contributed by atoms with Crippen molar-refractivity contribution in [1.82, 2.24) is 0 Å². The van der Waals surface area contributed by atoms with Gasteiger partial charge in [-0.1, -0.05) is 6.08 Å². The first-order valence-electron chi connectivity index (χ1n) is 6.57. The van der Waals surface area contributed by atoms with Crippen LogP contribution in [-0.4, -0.2) is 25.1 Å². The van der Waals surface area contributed by atoms with Crippen molar-refractivity contribution in [3.8, 4) is 11.5 Å². The minimum atomic E-state index is 0.0109. The van der Waals surface area contributed by atoms with Crippen LogP contribution in [0.25, 0.3) is 5.57 Å². The van der Waals surface area contributed by atoms with Crippen molar-refractivity contribution in [2.75, 3.05) is 13.9 Å². The van der Waals surface area contributed by atoms with Crippen molar-refractivity contribution in [2.45, 2.75) is 32.0 Å². The molecule has 1 aromatic carbocycles. The molecule has 2 aliphatic rings. The summed E-state index contributed by atoms with van der Waals surface area (Å²) in [4.78, 5) is 0. The number of rotatable bonds is 3. The molecule has 4 nitrogen and oxygen atoms in total. The smallest absolute Gasteiger partial charge is 0.231 e. The van der Waals surface area contributed by atoms with Crippen LogP contribution < -0.4 is 9.47 Å². The number of benzene rings is 1. The molecule has 19 heavy (non-hydrogen) atoms. The highest BCUT2D eigenvalue weighted by Gasteiger charge is 2.21. The zero-order valence-electron chi connectivity index (χ0n) is 11.0. The number of allylic oxidation sites excluding steroid dienone is 1. The molecule has 0 fully saturated rings. The lowest BCUT2D eigenvalue weighted by atomic mass is 9.89. The molecular weight excluding hydrogens is 244 g/mol. The van der Waals surface area contributed by atoms with Crippen LogP contribution in [0.15, 0.2) is 18.2 Å². The molecule has 0 radical (unpaired) electrons. The van der Waals surface area contributed by atoms with Gasteiger partial charge in [0.2, 0.25) is 6.79 Å². The first-order chi connectivity index (χ1) is 9.31. The van der Waals surface area contributed by atoms with Crippen LogP contribution >= 0.6 is 0 Å². The van der Waals surface area contributed by atoms with Crippen LogP contribution in [0.4, 0.5) is 0 Å². The maximum absolute atomic E-state index is 9.53. The van der Waals surface area contributed by atoms with Gasteiger partial charge in [0, 0.05) is 7.11 Å². The van der Waals surface area contributed by atoms with E-state index in [0.717, 1.165) is 41.9 Å². The lowest BCUT2D eigenvalue weighted by Gasteiger charge is -2.22. The molecule has 0 saturated carbocycles. The Bertz CT molecular complexity index is 507. The average molecular weight is 262 g/mol. The summed E-state index contributed by atoms with van der Waals surface area (Å²) in [5, 5.41) is 9.53. The number of aliphatic hydroxyl groups is 1. The van der Waals surface area contributed by atoms with Gasteiger partial charge in [-0.3, -0.25) is 0 Å². The summed E-state index contributed by atoms with van der Waals surface area (Å²) in [7, 11) is 1.75. The zero-order valence-corrected chi connectivity index (χ0v) is 11.0. The summed E-state index contributed by atoms with van der Waals surface area (Å²) in [6, 6.07) is 3.85. The third-order valence-corrected chi connectivity index (χ3v) is 3.81. The van der Waals surface area contributed by atoms with Crippen molar-refractivity contribution < 1.29 is 19.3 Å². The number of aliphatic hydroxyl groups excluding tert-OH is 1. The summed E-state index contributed by atoms with van der Waals surface area (Å²) in [6.45, 7) is 0.269. The van der Waals surface area contributed by atoms with E-state index in [-0.39, 0.29) is 13.4 Å². The zero-order chi connectivity index (χ0) is 13.2. The predicted molar refractivity (Wildman–Crippen MR) is 71.1 cm³/mol. The Balaban J connectivity index is 1.94. The van der Waals surface area contributed by atoms with Gasteiger partial charge in [0.1, 0.15) is 0 Å². The summed E-state index contributed by atoms with van der Waals surface area (Å²) in [6.07, 6.45) is 5.42. The third-order valence-electron chi connectivity index (χ3n) is 3.81. The molecule has 0 saturated heterocycles. The fourth-order valence-corrected chi connectivity index (χ4v) is 2.68. The standard InChI is InChI=1S/C15H18O4/c1-17-12-4-2-10(3-5-12)13-7-15-14(18-9-19-15)6-11(13)8-16/h2,6-7,12,16H,3-5,8-9H2,1H3. The molecule has 3 rings (SSSR count). The summed E-state index contributed by atoms with van der Waals surface area (Å²) < 4.78 is 16.1. The number of fused-ring (bicyclic) bond motifs is 1. The Labute approximate surface area is 112 Å². The molecular formula is C15H18O4. The van der Waals surface area contributed by atoms with Crippen LogP contribution in [0.5, 0.6) is 11.5 Å². The van der Waals surface area contributed by atoms with Gasteiger partial charge in [0.25, 0.3) is 0 Å². The molecule has 102 valence electrons. The number of hydrogen-bond donors (Lipinski definition) is 1. The molecule has 1 aliphatic heterocycles. The molecule has 0 amide bonds. The second kappa shape index (κ2) is 5.23. The fourth-order valence-electron chi connectivity index (χ4n) is 2.68. The summed E-state index contributed by atoms with van der Waals surface area (Å²) >= 11 is 0. The Morgan fingerprint density at radius 1 is 1.32 bits per heavy atom. The van der Waals surface area contributed by atoms with E-state index in [9.17, 15) is 5.11 Å². The van der Waals surface area contributed by atoms with Crippen LogP contribution in [-0.2, 0) is 11.3 Å². The Morgan fingerprint density at radius 3 is 2.74 bits per heavy atom. The Kier molecular flexibility index (Phi) is 3.44. The van der Waals surface area contributed by atoms with E-state index in [0.29, 0.717) is 6.10 Å². The highest BCUT2D eigenvalue weighted by Crippen LogP contribution is 2.39. The molecule has 1 aliphatic carbocycles. The summed E-state index contributed by atoms with van der Waals surface area (Å²) in [5.41, 5.74) is 3.23. The summed E-state index contributed by atoms with van der Waals surface area (Å²) in [5.74, 6) is 1.49. The Morgan fingerprint density at radius 2 is 2.11 bits per heavy atom. The Hall–Kier alpha value is -1.52. The molecule has 0 aromatic heterocycles. The van der Waals surface area contributed by atoms with Crippen LogP contribution in [0.2, 0.25) is 0 Å². The van der Waals surface area contributed by atoms with Gasteiger partial charge in [-0.05, 0) is 48.1 Å². The molecule has 0 spiro atoms. The van der Waals surface area contributed by atoms with E-state index in [2.05, 4.69) is 6.08 Å². The van der Waals surface area contributed by atoms with Gasteiger partial charge in [0.15, 0.2) is 11.5 Å². The maximum atomic E-state index is 9.53. The van der Waals surface area contributed by atoms with E-state index in [4.69, 9.17) is 14.2 Å². The molecule has 1 N–H and O–H groups in total. The fraction of sp³-hybridized carbons (Fsp3) is 0.467. The van der Waals surface area contributed by atoms with Crippen molar-refractivity contribution >= 4 is 5.57 Å². The highest BCUT2D eigenvalue weighted by molar-refractivity contribution is 5.72. The minimum absolute atomic E-state index is 0.0109. The molecule has 1 heterocycles. The van der Waals surface area contributed by atoms with Gasteiger partial charge in [0.05, 0.1) is 12.7 Å². The second-order valence-electron chi connectivity index (χ2n) is 4.88.